The molecule has 1 spiro atoms. The normalized spacial score (nSPS) is 27.8. The van der Waals surface area contributed by atoms with Crippen molar-refractivity contribution in [3.63, 3.8) is 0 Å². The molecule has 2 aliphatic heterocycles. The van der Waals surface area contributed by atoms with Crippen LogP contribution in [0.2, 0.25) is 18.6 Å². The summed E-state index contributed by atoms with van der Waals surface area (Å²) in [5.74, 6) is -0.587. The van der Waals surface area contributed by atoms with Gasteiger partial charge < -0.3 is 24.3 Å². The van der Waals surface area contributed by atoms with Gasteiger partial charge in [0.05, 0.1) is 18.9 Å². The Balaban J connectivity index is 1.96. The standard InChI is InChI=1S/C22H32INO6Si/c1-14-20(31(3,4)28)18(10-12-25)30-22(14)16-13-15(23)8-9-17(16)24(21(22)27)11-6-5-7-19(26)29-2/h8-9,13-14,18,20,25,28H,5-7,10-12H2,1-4H3/t14-,18+,20-,22+/m0/s1. The molecular formula is C22H32INO6Si. The number of hydrogen-bond donors (Lipinski definition) is 2. The first kappa shape index (κ1) is 24.6. The lowest BCUT2D eigenvalue weighted by Gasteiger charge is -2.32. The summed E-state index contributed by atoms with van der Waals surface area (Å²) in [6.07, 6.45) is 1.63. The van der Waals surface area contributed by atoms with Gasteiger partial charge in [-0.3, -0.25) is 9.59 Å². The molecule has 31 heavy (non-hydrogen) atoms. The van der Waals surface area contributed by atoms with Crippen LogP contribution in [0.15, 0.2) is 18.2 Å². The lowest BCUT2D eigenvalue weighted by Crippen LogP contribution is -2.46. The maximum absolute atomic E-state index is 13.9. The Morgan fingerprint density at radius 2 is 2.06 bits per heavy atom. The van der Waals surface area contributed by atoms with Gasteiger partial charge in [0.25, 0.3) is 5.91 Å². The highest BCUT2D eigenvalue weighted by molar-refractivity contribution is 14.1. The molecular weight excluding hydrogens is 529 g/mol. The first-order valence-electron chi connectivity index (χ1n) is 10.8. The zero-order valence-corrected chi connectivity index (χ0v) is 21.7. The third-order valence-corrected chi connectivity index (χ3v) is 9.77. The fourth-order valence-electron chi connectivity index (χ4n) is 5.31. The quantitative estimate of drug-likeness (QED) is 0.219. The molecule has 2 heterocycles. The minimum atomic E-state index is -2.68. The van der Waals surface area contributed by atoms with E-state index in [-0.39, 0.29) is 36.0 Å². The number of methoxy groups -OCH3 is 1. The van der Waals surface area contributed by atoms with Gasteiger partial charge in [0.1, 0.15) is 0 Å². The number of anilines is 1. The van der Waals surface area contributed by atoms with Gasteiger partial charge in [-0.2, -0.15) is 0 Å². The molecule has 0 bridgehead atoms. The Morgan fingerprint density at radius 3 is 2.68 bits per heavy atom. The average Bonchev–Trinajstić information content (AvgIpc) is 3.12. The summed E-state index contributed by atoms with van der Waals surface area (Å²) in [5, 5.41) is 9.61. The van der Waals surface area contributed by atoms with Crippen LogP contribution in [-0.2, 0) is 24.7 Å². The van der Waals surface area contributed by atoms with E-state index in [9.17, 15) is 19.5 Å². The number of hydrogen-bond acceptors (Lipinski definition) is 6. The number of carbonyl (C=O) groups excluding carboxylic acids is 2. The van der Waals surface area contributed by atoms with Gasteiger partial charge in [0.2, 0.25) is 0 Å². The number of esters is 1. The molecule has 0 unspecified atom stereocenters. The molecule has 9 heteroatoms. The molecule has 1 aromatic carbocycles. The highest BCUT2D eigenvalue weighted by Gasteiger charge is 2.66. The van der Waals surface area contributed by atoms with Crippen molar-refractivity contribution < 1.29 is 29.0 Å². The Bertz CT molecular complexity index is 844. The van der Waals surface area contributed by atoms with Crippen LogP contribution in [0.3, 0.4) is 0 Å². The Labute approximate surface area is 198 Å². The lowest BCUT2D eigenvalue weighted by molar-refractivity contribution is -0.146. The molecule has 4 atom stereocenters. The Hall–Kier alpha value is -1.01. The number of benzene rings is 1. The van der Waals surface area contributed by atoms with E-state index in [0.29, 0.717) is 32.2 Å². The van der Waals surface area contributed by atoms with Crippen molar-refractivity contribution in [3.8, 4) is 0 Å². The molecule has 1 amide bonds. The third kappa shape index (κ3) is 4.44. The number of halogens is 1. The number of ether oxygens (including phenoxy) is 2. The SMILES string of the molecule is COC(=O)CCCCN1C(=O)[C@]2(O[C@H](CCO)[C@@H]([Si](C)(C)O)[C@@H]2C)c2cc(I)ccc21. The fourth-order valence-corrected chi connectivity index (χ4v) is 8.40. The minimum Gasteiger partial charge on any atom is -0.469 e. The number of aliphatic hydroxyl groups is 1. The second kappa shape index (κ2) is 9.46. The van der Waals surface area contributed by atoms with Crippen LogP contribution in [-0.4, -0.2) is 56.5 Å². The summed E-state index contributed by atoms with van der Waals surface area (Å²) in [6, 6.07) is 5.93. The molecule has 1 saturated heterocycles. The smallest absolute Gasteiger partial charge is 0.305 e. The van der Waals surface area contributed by atoms with Gasteiger partial charge in [-0.25, -0.2) is 0 Å². The zero-order chi connectivity index (χ0) is 23.0. The number of aliphatic hydroxyl groups excluding tert-OH is 1. The number of carbonyl (C=O) groups is 2. The second-order valence-corrected chi connectivity index (χ2v) is 14.2. The first-order chi connectivity index (χ1) is 14.6. The number of unbranched alkanes of at least 4 members (excludes halogenated alkanes) is 1. The van der Waals surface area contributed by atoms with Crippen LogP contribution in [0.1, 0.15) is 38.2 Å². The van der Waals surface area contributed by atoms with Crippen molar-refractivity contribution in [1.82, 2.24) is 0 Å². The molecule has 3 rings (SSSR count). The summed E-state index contributed by atoms with van der Waals surface area (Å²) in [7, 11) is -1.30. The van der Waals surface area contributed by atoms with Crippen molar-refractivity contribution in [3.05, 3.63) is 27.3 Å². The number of amides is 1. The summed E-state index contributed by atoms with van der Waals surface area (Å²) >= 11 is 2.24. The van der Waals surface area contributed by atoms with Crippen LogP contribution in [0, 0.1) is 9.49 Å². The molecule has 7 nitrogen and oxygen atoms in total. The van der Waals surface area contributed by atoms with Crippen molar-refractivity contribution >= 4 is 48.5 Å². The predicted molar refractivity (Wildman–Crippen MR) is 128 cm³/mol. The van der Waals surface area contributed by atoms with Crippen molar-refractivity contribution in [2.75, 3.05) is 25.2 Å². The van der Waals surface area contributed by atoms with Crippen LogP contribution in [0.5, 0.6) is 0 Å². The first-order valence-corrected chi connectivity index (χ1v) is 14.9. The predicted octanol–water partition coefficient (Wildman–Crippen LogP) is 3.16. The molecule has 1 aromatic rings. The topological polar surface area (TPSA) is 96.3 Å². The van der Waals surface area contributed by atoms with E-state index in [2.05, 4.69) is 22.6 Å². The maximum atomic E-state index is 13.9. The van der Waals surface area contributed by atoms with Crippen molar-refractivity contribution in [2.24, 2.45) is 5.92 Å². The van der Waals surface area contributed by atoms with Crippen LogP contribution >= 0.6 is 22.6 Å². The zero-order valence-electron chi connectivity index (χ0n) is 18.6. The largest absolute Gasteiger partial charge is 0.469 e. The second-order valence-electron chi connectivity index (χ2n) is 9.02. The van der Waals surface area contributed by atoms with Gasteiger partial charge in [0.15, 0.2) is 13.9 Å². The van der Waals surface area contributed by atoms with E-state index in [4.69, 9.17) is 9.47 Å². The summed E-state index contributed by atoms with van der Waals surface area (Å²) in [4.78, 5) is 38.1. The average molecular weight is 561 g/mol. The Kier molecular flexibility index (Phi) is 7.52. The van der Waals surface area contributed by atoms with Crippen molar-refractivity contribution in [2.45, 2.75) is 62.9 Å². The lowest BCUT2D eigenvalue weighted by atomic mass is 9.82. The van der Waals surface area contributed by atoms with Crippen molar-refractivity contribution in [1.29, 1.82) is 0 Å². The maximum Gasteiger partial charge on any atom is 0.305 e. The molecule has 172 valence electrons. The van der Waals surface area contributed by atoms with E-state index < -0.39 is 13.9 Å². The van der Waals surface area contributed by atoms with Gasteiger partial charge in [-0.1, -0.05) is 6.92 Å². The minimum absolute atomic E-state index is 0.0565. The van der Waals surface area contributed by atoms with E-state index in [0.717, 1.165) is 14.8 Å². The molecule has 0 aromatic heterocycles. The number of nitrogens with zero attached hydrogens (tertiary/aromatic N) is 1. The molecule has 0 aliphatic carbocycles. The summed E-state index contributed by atoms with van der Waals surface area (Å²) < 4.78 is 12.2. The van der Waals surface area contributed by atoms with Crippen LogP contribution in [0.25, 0.3) is 0 Å². The highest BCUT2D eigenvalue weighted by Crippen LogP contribution is 2.59. The summed E-state index contributed by atoms with van der Waals surface area (Å²) in [5.41, 5.74) is 0.342. The molecule has 2 aliphatic rings. The van der Waals surface area contributed by atoms with E-state index in [1.54, 1.807) is 4.90 Å². The number of fused-ring (bicyclic) bond motifs is 2. The number of rotatable bonds is 8. The molecule has 2 N–H and O–H groups in total. The highest BCUT2D eigenvalue weighted by atomic mass is 127. The van der Waals surface area contributed by atoms with E-state index in [1.807, 2.05) is 38.2 Å². The van der Waals surface area contributed by atoms with E-state index >= 15 is 0 Å². The van der Waals surface area contributed by atoms with E-state index in [1.165, 1.54) is 7.11 Å². The van der Waals surface area contributed by atoms with Gasteiger partial charge in [-0.15, -0.1) is 0 Å². The van der Waals surface area contributed by atoms with Crippen LogP contribution < -0.4 is 4.90 Å². The van der Waals surface area contributed by atoms with Gasteiger partial charge >= 0.3 is 5.97 Å². The molecule has 1 fully saturated rings. The fraction of sp³-hybridized carbons (Fsp3) is 0.636. The third-order valence-electron chi connectivity index (χ3n) is 6.60. The Morgan fingerprint density at radius 1 is 1.35 bits per heavy atom. The van der Waals surface area contributed by atoms with Gasteiger partial charge in [0, 0.05) is 40.2 Å². The molecule has 0 radical (unpaired) electrons. The molecule has 0 saturated carbocycles. The van der Waals surface area contributed by atoms with Gasteiger partial charge in [-0.05, 0) is 73.1 Å². The van der Waals surface area contributed by atoms with Crippen LogP contribution in [0.4, 0.5) is 5.69 Å². The summed E-state index contributed by atoms with van der Waals surface area (Å²) in [6.45, 7) is 6.17. The monoisotopic (exact) mass is 561 g/mol.